The molecule has 1 aliphatic carbocycles. The number of aliphatic hydroxyl groups excluding tert-OH is 1. The largest absolute Gasteiger partial charge is 0.492 e. The van der Waals surface area contributed by atoms with Crippen LogP contribution in [0.15, 0.2) is 17.0 Å². The van der Waals surface area contributed by atoms with Crippen LogP contribution in [0.25, 0.3) is 11.3 Å². The normalized spacial score (nSPS) is 25.8. The number of benzene rings is 1. The summed E-state index contributed by atoms with van der Waals surface area (Å²) in [5, 5.41) is 9.85. The molecule has 2 aliphatic heterocycles. The fraction of sp³-hybridized carbons (Fsp3) is 0.500. The lowest BCUT2D eigenvalue weighted by atomic mass is 10.0. The minimum Gasteiger partial charge on any atom is -0.492 e. The zero-order valence-corrected chi connectivity index (χ0v) is 17.4. The van der Waals surface area contributed by atoms with Crippen molar-refractivity contribution in [1.82, 2.24) is 9.97 Å². The van der Waals surface area contributed by atoms with Gasteiger partial charge in [-0.2, -0.15) is 8.78 Å². The van der Waals surface area contributed by atoms with Crippen molar-refractivity contribution in [1.29, 1.82) is 4.78 Å². The smallest absolute Gasteiger partial charge is 0.290 e. The molecule has 3 aliphatic rings. The molecule has 2 aromatic rings. The Kier molecular flexibility index (Phi) is 4.14. The molecule has 160 valence electrons. The van der Waals surface area contributed by atoms with E-state index in [4.69, 9.17) is 9.52 Å². The van der Waals surface area contributed by atoms with Gasteiger partial charge in [0.2, 0.25) is 5.95 Å². The van der Waals surface area contributed by atoms with Gasteiger partial charge in [0.1, 0.15) is 11.4 Å². The van der Waals surface area contributed by atoms with Crippen molar-refractivity contribution in [3.8, 4) is 17.0 Å². The van der Waals surface area contributed by atoms with Gasteiger partial charge >= 0.3 is 0 Å². The molecule has 1 aromatic heterocycles. The van der Waals surface area contributed by atoms with E-state index in [2.05, 4.69) is 9.97 Å². The molecule has 1 unspecified atom stereocenters. The fourth-order valence-electron chi connectivity index (χ4n) is 4.33. The Labute approximate surface area is 173 Å². The average Bonchev–Trinajstić information content (AvgIpc) is 3.27. The number of hydrogen-bond acceptors (Lipinski definition) is 7. The molecule has 10 heteroatoms. The zero-order chi connectivity index (χ0) is 21.4. The van der Waals surface area contributed by atoms with Crippen LogP contribution in [0.2, 0.25) is 0 Å². The summed E-state index contributed by atoms with van der Waals surface area (Å²) in [6.07, 6.45) is 1.16. The van der Waals surface area contributed by atoms with Crippen LogP contribution in [0.1, 0.15) is 30.2 Å². The van der Waals surface area contributed by atoms with E-state index in [9.17, 15) is 18.1 Å². The van der Waals surface area contributed by atoms with Crippen molar-refractivity contribution >= 4 is 15.7 Å². The van der Waals surface area contributed by atoms with Gasteiger partial charge in [-0.15, -0.1) is 0 Å². The fourth-order valence-corrected chi connectivity index (χ4v) is 5.23. The van der Waals surface area contributed by atoms with Gasteiger partial charge in [-0.3, -0.25) is 0 Å². The number of halogens is 2. The lowest BCUT2D eigenvalue weighted by Gasteiger charge is -2.43. The van der Waals surface area contributed by atoms with Crippen LogP contribution in [0, 0.1) is 4.78 Å². The first kappa shape index (κ1) is 19.6. The Morgan fingerprint density at radius 3 is 2.77 bits per heavy atom. The highest BCUT2D eigenvalue weighted by atomic mass is 32.2. The van der Waals surface area contributed by atoms with Crippen LogP contribution in [-0.4, -0.2) is 50.8 Å². The second kappa shape index (κ2) is 6.34. The van der Waals surface area contributed by atoms with Crippen LogP contribution in [0.3, 0.4) is 0 Å². The van der Waals surface area contributed by atoms with Gasteiger partial charge in [0.15, 0.2) is 0 Å². The lowest BCUT2D eigenvalue weighted by Crippen LogP contribution is -2.59. The molecule has 3 heterocycles. The Balaban J connectivity index is 1.73. The van der Waals surface area contributed by atoms with Crippen molar-refractivity contribution in [3.63, 3.8) is 0 Å². The number of nitrogens with one attached hydrogen (secondary N) is 1. The zero-order valence-electron chi connectivity index (χ0n) is 16.6. The van der Waals surface area contributed by atoms with Crippen molar-refractivity contribution in [3.05, 3.63) is 29.0 Å². The van der Waals surface area contributed by atoms with E-state index >= 15 is 0 Å². The van der Waals surface area contributed by atoms with Gasteiger partial charge < -0.3 is 14.7 Å². The number of aromatic nitrogens is 2. The summed E-state index contributed by atoms with van der Waals surface area (Å²) in [4.78, 5) is 10.8. The van der Waals surface area contributed by atoms with Crippen LogP contribution in [0.4, 0.5) is 14.7 Å². The second-order valence-electron chi connectivity index (χ2n) is 8.27. The maximum Gasteiger partial charge on any atom is 0.290 e. The minimum atomic E-state index is -3.09. The van der Waals surface area contributed by atoms with Crippen LogP contribution in [-0.2, 0) is 28.5 Å². The van der Waals surface area contributed by atoms with E-state index < -0.39 is 21.8 Å². The monoisotopic (exact) mass is 436 g/mol. The summed E-state index contributed by atoms with van der Waals surface area (Å²) in [6, 6.07) is 3.14. The van der Waals surface area contributed by atoms with Crippen molar-refractivity contribution in [2.75, 3.05) is 24.3 Å². The first-order valence-electron chi connectivity index (χ1n) is 9.84. The number of anilines is 1. The number of ether oxygens (including phenoxy) is 1. The molecular weight excluding hydrogens is 414 g/mol. The Morgan fingerprint density at radius 2 is 2.10 bits per heavy atom. The predicted molar refractivity (Wildman–Crippen MR) is 107 cm³/mol. The summed E-state index contributed by atoms with van der Waals surface area (Å²) >= 11 is 0. The number of nitrogens with zero attached hydrogens (tertiary/aromatic N) is 3. The molecule has 0 spiro atoms. The van der Waals surface area contributed by atoms with Crippen molar-refractivity contribution < 1.29 is 22.8 Å². The van der Waals surface area contributed by atoms with E-state index in [1.54, 1.807) is 17.9 Å². The first-order valence-corrected chi connectivity index (χ1v) is 11.8. The standard InChI is InChI=1S/C20H22F2N4O3S/c1-10-14(27)9-26(10)19-24-16(13-3-5-20(21,22)18(13)25-19)12-7-11-4-6-29-17(11)15(8-12)30(2,23)28/h7-8,10,14,23,27H,3-6,9H2,1-2H3/t10-,14+,30?/m0/s1. The molecule has 1 saturated heterocycles. The van der Waals surface area contributed by atoms with Crippen LogP contribution >= 0.6 is 0 Å². The minimum absolute atomic E-state index is 0.140. The molecule has 5 rings (SSSR count). The van der Waals surface area contributed by atoms with Crippen LogP contribution < -0.4 is 9.64 Å². The number of aliphatic hydroxyl groups is 1. The molecule has 30 heavy (non-hydrogen) atoms. The molecule has 1 aromatic carbocycles. The number of hydrogen-bond donors (Lipinski definition) is 2. The molecule has 3 atom stereocenters. The van der Waals surface area contributed by atoms with E-state index in [1.165, 1.54) is 6.26 Å². The van der Waals surface area contributed by atoms with Gasteiger partial charge in [0.05, 0.1) is 39.1 Å². The maximum absolute atomic E-state index is 14.6. The maximum atomic E-state index is 14.6. The predicted octanol–water partition coefficient (Wildman–Crippen LogP) is 2.72. The average molecular weight is 436 g/mol. The quantitative estimate of drug-likeness (QED) is 0.768. The summed E-state index contributed by atoms with van der Waals surface area (Å²) in [5.41, 5.74) is 1.82. The number of alkyl halides is 2. The third-order valence-corrected chi connectivity index (χ3v) is 7.31. The summed E-state index contributed by atoms with van der Waals surface area (Å²) in [7, 11) is -3.09. The van der Waals surface area contributed by atoms with Gasteiger partial charge in [0, 0.05) is 36.8 Å². The van der Waals surface area contributed by atoms with Gasteiger partial charge in [-0.25, -0.2) is 19.0 Å². The van der Waals surface area contributed by atoms with Gasteiger partial charge in [-0.05, 0) is 31.0 Å². The SMILES string of the molecule is C[C@H]1[C@H](O)CN1c1nc(-c2cc3c(c(S(C)(=N)=O)c2)OCC3)c2c(n1)C(F)(F)CC2. The molecule has 0 saturated carbocycles. The Bertz CT molecular complexity index is 1170. The molecular formula is C20H22F2N4O3S. The first-order chi connectivity index (χ1) is 14.1. The van der Waals surface area contributed by atoms with E-state index in [0.717, 1.165) is 5.56 Å². The summed E-state index contributed by atoms with van der Waals surface area (Å²) in [5.74, 6) is -2.44. The third kappa shape index (κ3) is 2.88. The third-order valence-electron chi connectivity index (χ3n) is 6.16. The van der Waals surface area contributed by atoms with E-state index in [-0.39, 0.29) is 42.0 Å². The van der Waals surface area contributed by atoms with Gasteiger partial charge in [0.25, 0.3) is 5.92 Å². The topological polar surface area (TPSA) is 99.4 Å². The number of β-amino-alcohol motifs (C(OH)–C–C–N with tert-alkyl or cyclic N) is 1. The molecule has 1 fully saturated rings. The number of rotatable bonds is 3. The Hall–Kier alpha value is -2.33. The lowest BCUT2D eigenvalue weighted by molar-refractivity contribution is -0.00603. The molecule has 7 nitrogen and oxygen atoms in total. The van der Waals surface area contributed by atoms with Crippen molar-refractivity contribution in [2.45, 2.75) is 49.2 Å². The van der Waals surface area contributed by atoms with E-state index in [1.807, 2.05) is 6.07 Å². The molecule has 0 amide bonds. The van der Waals surface area contributed by atoms with Crippen molar-refractivity contribution in [2.24, 2.45) is 0 Å². The highest BCUT2D eigenvalue weighted by Gasteiger charge is 2.45. The number of fused-ring (bicyclic) bond motifs is 2. The highest BCUT2D eigenvalue weighted by Crippen LogP contribution is 2.46. The second-order valence-corrected chi connectivity index (χ2v) is 10.4. The summed E-state index contributed by atoms with van der Waals surface area (Å²) < 4.78 is 55.5. The highest BCUT2D eigenvalue weighted by molar-refractivity contribution is 7.91. The van der Waals surface area contributed by atoms with E-state index in [0.29, 0.717) is 35.6 Å². The molecule has 0 bridgehead atoms. The van der Waals surface area contributed by atoms with Gasteiger partial charge in [-0.1, -0.05) is 0 Å². The summed E-state index contributed by atoms with van der Waals surface area (Å²) in [6.45, 7) is 2.50. The molecule has 0 radical (unpaired) electrons. The Morgan fingerprint density at radius 1 is 1.33 bits per heavy atom. The molecule has 2 N–H and O–H groups in total. The van der Waals surface area contributed by atoms with Crippen LogP contribution in [0.5, 0.6) is 5.75 Å².